The van der Waals surface area contributed by atoms with Gasteiger partial charge in [-0.3, -0.25) is 4.79 Å². The number of rotatable bonds is 5. The first kappa shape index (κ1) is 18.3. The van der Waals surface area contributed by atoms with Crippen molar-refractivity contribution in [1.82, 2.24) is 15.3 Å². The molecule has 1 saturated carbocycles. The van der Waals surface area contributed by atoms with Crippen LogP contribution in [-0.2, 0) is 0 Å². The molecule has 8 heteroatoms. The minimum Gasteiger partial charge on any atom is -0.442 e. The summed E-state index contributed by atoms with van der Waals surface area (Å²) in [6.07, 6.45) is 3.41. The summed E-state index contributed by atoms with van der Waals surface area (Å²) in [5.74, 6) is -0.894. The molecule has 2 heterocycles. The molecule has 2 N–H and O–H groups in total. The smallest absolute Gasteiger partial charge is 0.256 e. The topological polar surface area (TPSA) is 80.1 Å². The molecular weight excluding hydrogens is 366 g/mol. The summed E-state index contributed by atoms with van der Waals surface area (Å²) in [4.78, 5) is 21.4. The zero-order valence-corrected chi connectivity index (χ0v) is 15.8. The second-order valence-electron chi connectivity index (χ2n) is 7.48. The van der Waals surface area contributed by atoms with Crippen LogP contribution < -0.4 is 10.6 Å². The number of hydrogen-bond donors (Lipinski definition) is 2. The van der Waals surface area contributed by atoms with E-state index < -0.39 is 23.6 Å². The average molecular weight is 386 g/mol. The number of nitrogens with one attached hydrogen (secondary N) is 2. The van der Waals surface area contributed by atoms with Crippen LogP contribution in [-0.4, -0.2) is 21.4 Å². The van der Waals surface area contributed by atoms with E-state index in [1.807, 2.05) is 0 Å². The quantitative estimate of drug-likeness (QED) is 0.685. The van der Waals surface area contributed by atoms with Crippen molar-refractivity contribution in [3.8, 4) is 0 Å². The number of carbonyl (C=O) groups is 1. The highest BCUT2D eigenvalue weighted by Crippen LogP contribution is 2.40. The van der Waals surface area contributed by atoms with Gasteiger partial charge in [0.2, 0.25) is 5.71 Å². The maximum absolute atomic E-state index is 14.0. The number of benzene rings is 1. The van der Waals surface area contributed by atoms with Gasteiger partial charge in [0, 0.05) is 17.2 Å². The summed E-state index contributed by atoms with van der Waals surface area (Å²) in [6, 6.07) is 2.61. The normalized spacial score (nSPS) is 16.0. The SMILES string of the molecule is Cc1oc2ncnc(NC3(C)CC3)c2c1C(=O)N[C@@H](C)c1ccc(F)cc1F. The van der Waals surface area contributed by atoms with Gasteiger partial charge < -0.3 is 15.1 Å². The van der Waals surface area contributed by atoms with Gasteiger partial charge in [-0.25, -0.2) is 18.7 Å². The Labute approximate surface area is 160 Å². The van der Waals surface area contributed by atoms with E-state index in [0.717, 1.165) is 25.0 Å². The van der Waals surface area contributed by atoms with Gasteiger partial charge in [-0.15, -0.1) is 0 Å². The van der Waals surface area contributed by atoms with Crippen LogP contribution in [0, 0.1) is 18.6 Å². The molecule has 3 aromatic rings. The van der Waals surface area contributed by atoms with E-state index in [1.54, 1.807) is 13.8 Å². The van der Waals surface area contributed by atoms with Gasteiger partial charge in [-0.1, -0.05) is 6.07 Å². The molecule has 0 radical (unpaired) electrons. The number of amides is 1. The fourth-order valence-electron chi connectivity index (χ4n) is 3.21. The number of halogens is 2. The summed E-state index contributed by atoms with van der Waals surface area (Å²) in [5.41, 5.74) is 0.757. The minimum atomic E-state index is -0.714. The second kappa shape index (κ2) is 6.54. The van der Waals surface area contributed by atoms with Crippen LogP contribution in [0.5, 0.6) is 0 Å². The molecule has 1 aliphatic carbocycles. The molecule has 6 nitrogen and oxygen atoms in total. The first-order chi connectivity index (χ1) is 13.3. The van der Waals surface area contributed by atoms with Crippen molar-refractivity contribution < 1.29 is 18.0 Å². The summed E-state index contributed by atoms with van der Waals surface area (Å²) in [6.45, 7) is 5.38. The predicted octanol–water partition coefficient (Wildman–Crippen LogP) is 4.26. The van der Waals surface area contributed by atoms with Crippen molar-refractivity contribution in [2.75, 3.05) is 5.32 Å². The van der Waals surface area contributed by atoms with Gasteiger partial charge in [-0.05, 0) is 39.7 Å². The lowest BCUT2D eigenvalue weighted by Crippen LogP contribution is -2.28. The average Bonchev–Trinajstić information content (AvgIpc) is 3.23. The Morgan fingerprint density at radius 3 is 2.71 bits per heavy atom. The lowest BCUT2D eigenvalue weighted by Gasteiger charge is -2.16. The van der Waals surface area contributed by atoms with Crippen molar-refractivity contribution in [2.45, 2.75) is 45.2 Å². The number of anilines is 1. The van der Waals surface area contributed by atoms with E-state index >= 15 is 0 Å². The summed E-state index contributed by atoms with van der Waals surface area (Å²) in [7, 11) is 0. The third-order valence-electron chi connectivity index (χ3n) is 5.09. The number of furan rings is 1. The molecule has 28 heavy (non-hydrogen) atoms. The van der Waals surface area contributed by atoms with Crippen molar-refractivity contribution >= 4 is 22.8 Å². The minimum absolute atomic E-state index is 0.0509. The van der Waals surface area contributed by atoms with E-state index in [9.17, 15) is 13.6 Å². The summed E-state index contributed by atoms with van der Waals surface area (Å²) >= 11 is 0. The molecule has 1 amide bonds. The van der Waals surface area contributed by atoms with E-state index in [2.05, 4.69) is 27.5 Å². The Hall–Kier alpha value is -3.03. The van der Waals surface area contributed by atoms with E-state index in [1.165, 1.54) is 12.4 Å². The molecule has 2 aromatic heterocycles. The van der Waals surface area contributed by atoms with Crippen LogP contribution in [0.3, 0.4) is 0 Å². The van der Waals surface area contributed by atoms with Crippen LogP contribution in [0.15, 0.2) is 28.9 Å². The molecular formula is C20H20F2N4O2. The highest BCUT2D eigenvalue weighted by Gasteiger charge is 2.38. The third-order valence-corrected chi connectivity index (χ3v) is 5.09. The van der Waals surface area contributed by atoms with Crippen LogP contribution in [0.25, 0.3) is 11.1 Å². The highest BCUT2D eigenvalue weighted by molar-refractivity contribution is 6.10. The van der Waals surface area contributed by atoms with Crippen molar-refractivity contribution in [2.24, 2.45) is 0 Å². The van der Waals surface area contributed by atoms with Gasteiger partial charge >= 0.3 is 0 Å². The third kappa shape index (κ3) is 3.30. The molecule has 0 unspecified atom stereocenters. The molecule has 0 aliphatic heterocycles. The van der Waals surface area contributed by atoms with Gasteiger partial charge in [0.1, 0.15) is 29.5 Å². The number of carbonyl (C=O) groups excluding carboxylic acids is 1. The first-order valence-corrected chi connectivity index (χ1v) is 9.05. The zero-order chi connectivity index (χ0) is 20.1. The Kier molecular flexibility index (Phi) is 4.28. The summed E-state index contributed by atoms with van der Waals surface area (Å²) < 4.78 is 32.8. The van der Waals surface area contributed by atoms with E-state index in [4.69, 9.17) is 4.42 Å². The van der Waals surface area contributed by atoms with Gasteiger partial charge in [0.15, 0.2) is 0 Å². The summed E-state index contributed by atoms with van der Waals surface area (Å²) in [5, 5.41) is 6.60. The molecule has 1 fully saturated rings. The Bertz CT molecular complexity index is 1080. The standard InChI is InChI=1S/C20H20F2N4O2/c1-10(13-5-4-12(21)8-14(13)22)25-18(27)15-11(2)28-19-16(15)17(23-9-24-19)26-20(3)6-7-20/h4-5,8-10H,6-7H2,1-3H3,(H,25,27)(H,23,24,26)/t10-/m0/s1. The maximum Gasteiger partial charge on any atom is 0.256 e. The monoisotopic (exact) mass is 386 g/mol. The molecule has 1 aliphatic rings. The van der Waals surface area contributed by atoms with Crippen LogP contribution >= 0.6 is 0 Å². The number of nitrogens with zero attached hydrogens (tertiary/aromatic N) is 2. The number of hydrogen-bond acceptors (Lipinski definition) is 5. The second-order valence-corrected chi connectivity index (χ2v) is 7.48. The number of aryl methyl sites for hydroxylation is 1. The number of aromatic nitrogens is 2. The molecule has 0 saturated heterocycles. The molecule has 0 bridgehead atoms. The molecule has 0 spiro atoms. The highest BCUT2D eigenvalue weighted by atomic mass is 19.1. The van der Waals surface area contributed by atoms with Crippen LogP contribution in [0.1, 0.15) is 54.4 Å². The predicted molar refractivity (Wildman–Crippen MR) is 100 cm³/mol. The van der Waals surface area contributed by atoms with Gasteiger partial charge in [0.05, 0.1) is 17.0 Å². The molecule has 4 rings (SSSR count). The van der Waals surface area contributed by atoms with Gasteiger partial charge in [0.25, 0.3) is 5.91 Å². The van der Waals surface area contributed by atoms with Gasteiger partial charge in [-0.2, -0.15) is 0 Å². The Balaban J connectivity index is 1.68. The van der Waals surface area contributed by atoms with Crippen molar-refractivity contribution in [3.63, 3.8) is 0 Å². The fraction of sp³-hybridized carbons (Fsp3) is 0.350. The molecule has 1 atom stereocenters. The Morgan fingerprint density at radius 1 is 1.29 bits per heavy atom. The zero-order valence-electron chi connectivity index (χ0n) is 15.8. The van der Waals surface area contributed by atoms with Crippen molar-refractivity contribution in [1.29, 1.82) is 0 Å². The fourth-order valence-corrected chi connectivity index (χ4v) is 3.21. The molecule has 1 aromatic carbocycles. The maximum atomic E-state index is 14.0. The largest absolute Gasteiger partial charge is 0.442 e. The lowest BCUT2D eigenvalue weighted by atomic mass is 10.1. The lowest BCUT2D eigenvalue weighted by molar-refractivity contribution is 0.0939. The Morgan fingerprint density at radius 2 is 2.04 bits per heavy atom. The first-order valence-electron chi connectivity index (χ1n) is 9.05. The van der Waals surface area contributed by atoms with E-state index in [0.29, 0.717) is 28.2 Å². The van der Waals surface area contributed by atoms with Crippen molar-refractivity contribution in [3.05, 3.63) is 53.0 Å². The van der Waals surface area contributed by atoms with E-state index in [-0.39, 0.29) is 11.1 Å². The van der Waals surface area contributed by atoms with Crippen LogP contribution in [0.2, 0.25) is 0 Å². The molecule has 146 valence electrons. The number of fused-ring (bicyclic) bond motifs is 1. The van der Waals surface area contributed by atoms with Crippen LogP contribution in [0.4, 0.5) is 14.6 Å².